The number of amides is 1. The van der Waals surface area contributed by atoms with Crippen molar-refractivity contribution in [3.05, 3.63) is 23.0 Å². The van der Waals surface area contributed by atoms with Gasteiger partial charge in [-0.1, -0.05) is 13.0 Å². The molecule has 0 spiro atoms. The first kappa shape index (κ1) is 29.8. The standard InChI is InChI=1S/C26H39F4N3O3/c1-7-18(3)22(31-17-20(8-2)26(28,29)30)32-11-13-33(14-12-32)23(35)25(27)10-9-19(16-25)15-21(34)36-24(4,5)6/h8,17,19H,7,9-16H2,1-6H3/b20-8+,22-18-,31-17-/t19-,25?/m1/s1. The van der Waals surface area contributed by atoms with Crippen molar-refractivity contribution in [2.24, 2.45) is 10.9 Å². The van der Waals surface area contributed by atoms with E-state index in [-0.39, 0.29) is 38.3 Å². The molecule has 0 aromatic carbocycles. The maximum Gasteiger partial charge on any atom is 0.417 e. The maximum atomic E-state index is 15.6. The predicted octanol–water partition coefficient (Wildman–Crippen LogP) is 5.59. The molecule has 36 heavy (non-hydrogen) atoms. The van der Waals surface area contributed by atoms with Gasteiger partial charge in [-0.3, -0.25) is 9.59 Å². The number of aliphatic imine (C=N–C) groups is 1. The van der Waals surface area contributed by atoms with Crippen LogP contribution in [0.15, 0.2) is 28.0 Å². The van der Waals surface area contributed by atoms with E-state index in [0.29, 0.717) is 31.8 Å². The largest absolute Gasteiger partial charge is 0.460 e. The summed E-state index contributed by atoms with van der Waals surface area (Å²) in [4.78, 5) is 32.6. The fourth-order valence-electron chi connectivity index (χ4n) is 4.55. The highest BCUT2D eigenvalue weighted by Crippen LogP contribution is 2.41. The zero-order valence-electron chi connectivity index (χ0n) is 22.2. The molecule has 10 heteroatoms. The molecule has 2 aliphatic rings. The summed E-state index contributed by atoms with van der Waals surface area (Å²) in [6, 6.07) is 0. The maximum absolute atomic E-state index is 15.6. The number of allylic oxidation sites excluding steroid dienone is 3. The van der Waals surface area contributed by atoms with Gasteiger partial charge in [-0.05, 0) is 71.8 Å². The van der Waals surface area contributed by atoms with Crippen LogP contribution in [0.5, 0.6) is 0 Å². The van der Waals surface area contributed by atoms with Crippen molar-refractivity contribution < 1.29 is 31.9 Å². The lowest BCUT2D eigenvalue weighted by molar-refractivity contribution is -0.156. The van der Waals surface area contributed by atoms with Gasteiger partial charge in [0.05, 0.1) is 5.57 Å². The Morgan fingerprint density at radius 1 is 1.11 bits per heavy atom. The van der Waals surface area contributed by atoms with E-state index in [9.17, 15) is 22.8 Å². The van der Waals surface area contributed by atoms with E-state index in [1.54, 1.807) is 20.8 Å². The lowest BCUT2D eigenvalue weighted by Gasteiger charge is -2.38. The second kappa shape index (κ2) is 11.8. The summed E-state index contributed by atoms with van der Waals surface area (Å²) >= 11 is 0. The highest BCUT2D eigenvalue weighted by atomic mass is 19.4. The summed E-state index contributed by atoms with van der Waals surface area (Å²) in [7, 11) is 0. The Morgan fingerprint density at radius 3 is 2.19 bits per heavy atom. The monoisotopic (exact) mass is 517 g/mol. The van der Waals surface area contributed by atoms with Crippen LogP contribution in [-0.2, 0) is 14.3 Å². The molecule has 0 radical (unpaired) electrons. The molecule has 2 atom stereocenters. The van der Waals surface area contributed by atoms with Crippen molar-refractivity contribution in [1.82, 2.24) is 9.80 Å². The van der Waals surface area contributed by atoms with Gasteiger partial charge in [-0.15, -0.1) is 0 Å². The molecule has 1 saturated carbocycles. The number of ether oxygens (including phenoxy) is 1. The van der Waals surface area contributed by atoms with E-state index in [2.05, 4.69) is 4.99 Å². The lowest BCUT2D eigenvalue weighted by Crippen LogP contribution is -2.53. The van der Waals surface area contributed by atoms with Crippen LogP contribution in [0.4, 0.5) is 17.6 Å². The number of alkyl halides is 4. The van der Waals surface area contributed by atoms with Gasteiger partial charge in [-0.25, -0.2) is 9.38 Å². The molecule has 2 rings (SSSR count). The van der Waals surface area contributed by atoms with E-state index in [4.69, 9.17) is 4.74 Å². The Bertz CT molecular complexity index is 897. The first-order valence-corrected chi connectivity index (χ1v) is 12.5. The number of nitrogens with zero attached hydrogens (tertiary/aromatic N) is 3. The normalized spacial score (nSPS) is 24.8. The van der Waals surface area contributed by atoms with Crippen molar-refractivity contribution in [1.29, 1.82) is 0 Å². The average Bonchev–Trinajstić information content (AvgIpc) is 3.15. The van der Waals surface area contributed by atoms with Crippen LogP contribution in [0.3, 0.4) is 0 Å². The third-order valence-corrected chi connectivity index (χ3v) is 6.56. The van der Waals surface area contributed by atoms with Gasteiger partial charge in [0.15, 0.2) is 5.67 Å². The third kappa shape index (κ3) is 8.06. The Balaban J connectivity index is 2.01. The number of halogens is 4. The Morgan fingerprint density at radius 2 is 1.69 bits per heavy atom. The van der Waals surface area contributed by atoms with Crippen LogP contribution in [0.1, 0.15) is 73.6 Å². The summed E-state index contributed by atoms with van der Waals surface area (Å²) < 4.78 is 60.2. The minimum absolute atomic E-state index is 0.0146. The van der Waals surface area contributed by atoms with Gasteiger partial charge >= 0.3 is 12.1 Å². The molecule has 1 unspecified atom stereocenters. The molecule has 1 heterocycles. The predicted molar refractivity (Wildman–Crippen MR) is 131 cm³/mol. The topological polar surface area (TPSA) is 62.2 Å². The second-order valence-electron chi connectivity index (χ2n) is 10.6. The molecule has 1 aliphatic carbocycles. The first-order valence-electron chi connectivity index (χ1n) is 12.5. The molecule has 0 aromatic heterocycles. The molecule has 2 fully saturated rings. The highest BCUT2D eigenvalue weighted by Gasteiger charge is 2.48. The zero-order chi connectivity index (χ0) is 27.3. The van der Waals surface area contributed by atoms with Crippen LogP contribution in [-0.4, -0.2) is 71.5 Å². The van der Waals surface area contributed by atoms with Crippen LogP contribution in [0.2, 0.25) is 0 Å². The Hall–Kier alpha value is -2.39. The molecule has 204 valence electrons. The summed E-state index contributed by atoms with van der Waals surface area (Å²) in [5.74, 6) is -0.777. The van der Waals surface area contributed by atoms with Crippen LogP contribution in [0.25, 0.3) is 0 Å². The quantitative estimate of drug-likeness (QED) is 0.251. The smallest absolute Gasteiger partial charge is 0.417 e. The molecule has 1 amide bonds. The van der Waals surface area contributed by atoms with Crippen molar-refractivity contribution in [2.75, 3.05) is 26.2 Å². The average molecular weight is 518 g/mol. The number of carbonyl (C=O) groups is 2. The highest BCUT2D eigenvalue weighted by molar-refractivity contribution is 5.86. The van der Waals surface area contributed by atoms with E-state index < -0.39 is 34.9 Å². The van der Waals surface area contributed by atoms with Crippen LogP contribution in [0, 0.1) is 5.92 Å². The Labute approximate surface area is 211 Å². The van der Waals surface area contributed by atoms with E-state index in [0.717, 1.165) is 17.9 Å². The van der Waals surface area contributed by atoms with Crippen LogP contribution < -0.4 is 0 Å². The minimum atomic E-state index is -4.49. The lowest BCUT2D eigenvalue weighted by atomic mass is 9.98. The van der Waals surface area contributed by atoms with Gasteiger partial charge in [0, 0.05) is 38.8 Å². The number of rotatable bonds is 7. The van der Waals surface area contributed by atoms with Gasteiger partial charge in [0.2, 0.25) is 0 Å². The number of piperazine rings is 1. The number of carbonyl (C=O) groups excluding carboxylic acids is 2. The summed E-state index contributed by atoms with van der Waals surface area (Å²) in [6.07, 6.45) is -1.53. The minimum Gasteiger partial charge on any atom is -0.460 e. The SMILES string of the molecule is C\C=C(/C=N\C(=C(/C)CC)N1CCN(C(=O)C2(F)CC[C@H](CC(=O)OC(C)(C)C)C2)CC1)C(F)(F)F. The molecular formula is C26H39F4N3O3. The fraction of sp³-hybridized carbons (Fsp3) is 0.731. The second-order valence-corrected chi connectivity index (χ2v) is 10.6. The van der Waals surface area contributed by atoms with Gasteiger partial charge in [0.1, 0.15) is 11.4 Å². The number of esters is 1. The molecular weight excluding hydrogens is 478 g/mol. The molecule has 0 bridgehead atoms. The van der Waals surface area contributed by atoms with Crippen molar-refractivity contribution in [3.8, 4) is 0 Å². The van der Waals surface area contributed by atoms with Crippen molar-refractivity contribution in [3.63, 3.8) is 0 Å². The molecule has 1 saturated heterocycles. The van der Waals surface area contributed by atoms with E-state index in [1.807, 2.05) is 18.7 Å². The number of hydrogen-bond donors (Lipinski definition) is 0. The van der Waals surface area contributed by atoms with Gasteiger partial charge in [-0.2, -0.15) is 13.2 Å². The van der Waals surface area contributed by atoms with Crippen molar-refractivity contribution in [2.45, 2.75) is 91.1 Å². The third-order valence-electron chi connectivity index (χ3n) is 6.56. The van der Waals surface area contributed by atoms with Crippen LogP contribution >= 0.6 is 0 Å². The summed E-state index contributed by atoms with van der Waals surface area (Å²) in [5, 5.41) is 0. The van der Waals surface area contributed by atoms with Gasteiger partial charge < -0.3 is 14.5 Å². The van der Waals surface area contributed by atoms with E-state index in [1.165, 1.54) is 11.8 Å². The molecule has 0 N–H and O–H groups in total. The Kier molecular flexibility index (Phi) is 9.76. The molecule has 1 aliphatic heterocycles. The van der Waals surface area contributed by atoms with Crippen molar-refractivity contribution >= 4 is 18.1 Å². The summed E-state index contributed by atoms with van der Waals surface area (Å²) in [5.41, 5.74) is -2.64. The summed E-state index contributed by atoms with van der Waals surface area (Å²) in [6.45, 7) is 11.5. The molecule has 6 nitrogen and oxygen atoms in total. The first-order chi connectivity index (χ1) is 16.6. The van der Waals surface area contributed by atoms with E-state index >= 15 is 4.39 Å². The van der Waals surface area contributed by atoms with Gasteiger partial charge in [0.25, 0.3) is 5.91 Å². The zero-order valence-corrected chi connectivity index (χ0v) is 22.2. The molecule has 0 aromatic rings. The number of hydrogen-bond acceptors (Lipinski definition) is 5. The fourth-order valence-corrected chi connectivity index (χ4v) is 4.55.